The highest BCUT2D eigenvalue weighted by atomic mass is 127. The largest absolute Gasteiger partial charge is 0.477 e. The maximum Gasteiger partial charge on any atom is 0.218 e. The number of ether oxygens (including phenoxy) is 2. The first-order valence-electron chi connectivity index (χ1n) is 10.9. The van der Waals surface area contributed by atoms with Crippen molar-refractivity contribution in [3.8, 4) is 5.88 Å². The Hall–Kier alpha value is -1.87. The number of aryl methyl sites for hydroxylation is 1. The first-order valence-corrected chi connectivity index (χ1v) is 10.9. The summed E-state index contributed by atoms with van der Waals surface area (Å²) >= 11 is 0. The van der Waals surface area contributed by atoms with Gasteiger partial charge in [0.15, 0.2) is 5.96 Å². The molecule has 31 heavy (non-hydrogen) atoms. The van der Waals surface area contributed by atoms with Gasteiger partial charge in [-0.15, -0.1) is 24.0 Å². The lowest BCUT2D eigenvalue weighted by molar-refractivity contribution is -0.0265. The molecule has 0 amide bonds. The van der Waals surface area contributed by atoms with Crippen LogP contribution in [0.25, 0.3) is 0 Å². The van der Waals surface area contributed by atoms with Gasteiger partial charge in [0.1, 0.15) is 0 Å². The number of pyridine rings is 1. The molecule has 1 aliphatic heterocycles. The van der Waals surface area contributed by atoms with Gasteiger partial charge in [0.05, 0.1) is 12.7 Å². The van der Waals surface area contributed by atoms with Gasteiger partial charge in [0.2, 0.25) is 5.88 Å². The predicted octanol–water partition coefficient (Wildman–Crippen LogP) is 4.63. The van der Waals surface area contributed by atoms with Gasteiger partial charge < -0.3 is 20.1 Å². The molecule has 2 atom stereocenters. The van der Waals surface area contributed by atoms with E-state index in [2.05, 4.69) is 58.7 Å². The van der Waals surface area contributed by atoms with Crippen molar-refractivity contribution in [3.63, 3.8) is 0 Å². The van der Waals surface area contributed by atoms with Crippen LogP contribution >= 0.6 is 24.0 Å². The van der Waals surface area contributed by atoms with E-state index in [1.165, 1.54) is 11.1 Å². The normalized spacial score (nSPS) is 18.7. The van der Waals surface area contributed by atoms with Gasteiger partial charge in [-0.1, -0.05) is 42.8 Å². The van der Waals surface area contributed by atoms with E-state index in [4.69, 9.17) is 9.47 Å². The number of hydrogen-bond donors (Lipinski definition) is 2. The summed E-state index contributed by atoms with van der Waals surface area (Å²) in [5.74, 6) is 1.86. The van der Waals surface area contributed by atoms with Crippen LogP contribution in [-0.2, 0) is 11.3 Å². The zero-order valence-corrected chi connectivity index (χ0v) is 21.1. The predicted molar refractivity (Wildman–Crippen MR) is 136 cm³/mol. The van der Waals surface area contributed by atoms with Crippen LogP contribution in [0, 0.1) is 12.8 Å². The smallest absolute Gasteiger partial charge is 0.218 e. The average molecular weight is 538 g/mol. The molecule has 0 bridgehead atoms. The third kappa shape index (κ3) is 7.64. The second-order valence-corrected chi connectivity index (χ2v) is 7.73. The van der Waals surface area contributed by atoms with Crippen molar-refractivity contribution in [1.82, 2.24) is 15.6 Å². The van der Waals surface area contributed by atoms with Crippen LogP contribution in [-0.4, -0.2) is 37.7 Å². The number of aromatic nitrogens is 1. The summed E-state index contributed by atoms with van der Waals surface area (Å²) in [5.41, 5.74) is 3.54. The minimum absolute atomic E-state index is 0. The molecule has 6 nitrogen and oxygen atoms in total. The van der Waals surface area contributed by atoms with Crippen molar-refractivity contribution >= 4 is 29.9 Å². The molecule has 0 aliphatic carbocycles. The maximum absolute atomic E-state index is 6.14. The minimum Gasteiger partial charge on any atom is -0.477 e. The Kier molecular flexibility index (Phi) is 11.1. The van der Waals surface area contributed by atoms with Crippen molar-refractivity contribution in [2.45, 2.75) is 45.8 Å². The molecule has 0 spiro atoms. The SMILES string of the molecule is CCCOc1ncccc1CNC(=NC)NCC1CCCOC1c1ccc(C)cc1.I. The molecule has 2 aromatic rings. The van der Waals surface area contributed by atoms with Crippen molar-refractivity contribution in [3.05, 3.63) is 59.3 Å². The Morgan fingerprint density at radius 2 is 2.03 bits per heavy atom. The van der Waals surface area contributed by atoms with E-state index in [0.717, 1.165) is 43.9 Å². The number of rotatable bonds is 8. The number of nitrogens with one attached hydrogen (secondary N) is 2. The summed E-state index contributed by atoms with van der Waals surface area (Å²) in [6, 6.07) is 12.6. The summed E-state index contributed by atoms with van der Waals surface area (Å²) in [7, 11) is 1.79. The second kappa shape index (κ2) is 13.5. The third-order valence-electron chi connectivity index (χ3n) is 5.35. The van der Waals surface area contributed by atoms with Gasteiger partial charge in [-0.25, -0.2) is 4.98 Å². The van der Waals surface area contributed by atoms with Crippen molar-refractivity contribution in [2.75, 3.05) is 26.8 Å². The Morgan fingerprint density at radius 3 is 2.77 bits per heavy atom. The fourth-order valence-corrected chi connectivity index (χ4v) is 3.69. The van der Waals surface area contributed by atoms with Crippen LogP contribution in [0.4, 0.5) is 0 Å². The molecule has 1 aromatic carbocycles. The topological polar surface area (TPSA) is 67.8 Å². The van der Waals surface area contributed by atoms with E-state index < -0.39 is 0 Å². The molecular formula is C24H35IN4O2. The van der Waals surface area contributed by atoms with Crippen LogP contribution in [0.2, 0.25) is 0 Å². The van der Waals surface area contributed by atoms with Crippen LogP contribution in [0.5, 0.6) is 5.88 Å². The molecule has 2 unspecified atom stereocenters. The van der Waals surface area contributed by atoms with E-state index in [-0.39, 0.29) is 30.1 Å². The van der Waals surface area contributed by atoms with Crippen LogP contribution in [0.15, 0.2) is 47.6 Å². The van der Waals surface area contributed by atoms with Crippen LogP contribution < -0.4 is 15.4 Å². The van der Waals surface area contributed by atoms with E-state index in [1.807, 2.05) is 12.1 Å². The van der Waals surface area contributed by atoms with Crippen LogP contribution in [0.1, 0.15) is 49.0 Å². The monoisotopic (exact) mass is 538 g/mol. The van der Waals surface area contributed by atoms with E-state index >= 15 is 0 Å². The van der Waals surface area contributed by atoms with Crippen molar-refractivity contribution < 1.29 is 9.47 Å². The molecule has 2 N–H and O–H groups in total. The van der Waals surface area contributed by atoms with Gasteiger partial charge in [-0.2, -0.15) is 0 Å². The Balaban J connectivity index is 0.00000341. The Morgan fingerprint density at radius 1 is 1.23 bits per heavy atom. The molecule has 1 fully saturated rings. The molecule has 0 saturated carbocycles. The maximum atomic E-state index is 6.14. The Labute approximate surface area is 203 Å². The Bertz CT molecular complexity index is 813. The fourth-order valence-electron chi connectivity index (χ4n) is 3.69. The molecule has 1 aliphatic rings. The summed E-state index contributed by atoms with van der Waals surface area (Å²) in [6.45, 7) is 7.11. The summed E-state index contributed by atoms with van der Waals surface area (Å²) in [4.78, 5) is 8.73. The van der Waals surface area contributed by atoms with Crippen molar-refractivity contribution in [2.24, 2.45) is 10.9 Å². The molecule has 1 saturated heterocycles. The van der Waals surface area contributed by atoms with Crippen LogP contribution in [0.3, 0.4) is 0 Å². The van der Waals surface area contributed by atoms with Gasteiger partial charge in [0.25, 0.3) is 0 Å². The minimum atomic E-state index is 0. The molecule has 0 radical (unpaired) electrons. The average Bonchev–Trinajstić information content (AvgIpc) is 2.79. The highest BCUT2D eigenvalue weighted by molar-refractivity contribution is 14.0. The lowest BCUT2D eigenvalue weighted by Gasteiger charge is -2.32. The second-order valence-electron chi connectivity index (χ2n) is 7.73. The van der Waals surface area contributed by atoms with E-state index in [1.54, 1.807) is 13.2 Å². The number of guanidine groups is 1. The molecule has 7 heteroatoms. The number of benzene rings is 1. The van der Waals surface area contributed by atoms with E-state index in [0.29, 0.717) is 24.9 Å². The van der Waals surface area contributed by atoms with E-state index in [9.17, 15) is 0 Å². The zero-order valence-electron chi connectivity index (χ0n) is 18.8. The molecule has 2 heterocycles. The molecule has 3 rings (SSSR count). The highest BCUT2D eigenvalue weighted by Gasteiger charge is 2.27. The van der Waals surface area contributed by atoms with Crippen molar-refractivity contribution in [1.29, 1.82) is 0 Å². The van der Waals surface area contributed by atoms with Gasteiger partial charge in [-0.3, -0.25) is 4.99 Å². The summed E-state index contributed by atoms with van der Waals surface area (Å²) in [6.07, 6.45) is 5.07. The summed E-state index contributed by atoms with van der Waals surface area (Å²) < 4.78 is 11.9. The number of aliphatic imine (C=N–C) groups is 1. The summed E-state index contributed by atoms with van der Waals surface area (Å²) in [5, 5.41) is 6.86. The molecule has 1 aromatic heterocycles. The standard InChI is InChI=1S/C24H34N4O2.HI/c1-4-14-30-23-21(7-5-13-26-23)17-28-24(25-3)27-16-20-8-6-15-29-22(20)19-11-9-18(2)10-12-19;/h5,7,9-13,20,22H,4,6,8,14-17H2,1-3H3,(H2,25,27,28);1H. The number of hydrogen-bond acceptors (Lipinski definition) is 4. The van der Waals surface area contributed by atoms with Gasteiger partial charge in [0, 0.05) is 44.4 Å². The third-order valence-corrected chi connectivity index (χ3v) is 5.35. The highest BCUT2D eigenvalue weighted by Crippen LogP contribution is 2.33. The fraction of sp³-hybridized carbons (Fsp3) is 0.500. The number of halogens is 1. The molecular weight excluding hydrogens is 503 g/mol. The zero-order chi connectivity index (χ0) is 21.2. The first-order chi connectivity index (χ1) is 14.7. The lowest BCUT2D eigenvalue weighted by Crippen LogP contribution is -2.41. The number of nitrogens with zero attached hydrogens (tertiary/aromatic N) is 2. The van der Waals surface area contributed by atoms with Gasteiger partial charge >= 0.3 is 0 Å². The van der Waals surface area contributed by atoms with Gasteiger partial charge in [-0.05, 0) is 37.8 Å². The molecule has 170 valence electrons. The quantitative estimate of drug-likeness (QED) is 0.292. The lowest BCUT2D eigenvalue weighted by atomic mass is 9.89. The first kappa shape index (κ1) is 25.4.